The van der Waals surface area contributed by atoms with E-state index in [2.05, 4.69) is 5.32 Å². The van der Waals surface area contributed by atoms with Gasteiger partial charge in [0, 0.05) is 11.8 Å². The zero-order chi connectivity index (χ0) is 18.6. The van der Waals surface area contributed by atoms with Crippen LogP contribution >= 0.6 is 0 Å². The van der Waals surface area contributed by atoms with Crippen LogP contribution in [0.1, 0.15) is 32.3 Å². The quantitative estimate of drug-likeness (QED) is 0.794. The van der Waals surface area contributed by atoms with Gasteiger partial charge in [0.25, 0.3) is 0 Å². The van der Waals surface area contributed by atoms with E-state index in [1.165, 1.54) is 0 Å². The molecule has 0 spiro atoms. The molecular weight excluding hydrogens is 332 g/mol. The second-order valence-corrected chi connectivity index (χ2v) is 6.63. The molecule has 0 radical (unpaired) electrons. The van der Waals surface area contributed by atoms with Gasteiger partial charge in [0.15, 0.2) is 11.5 Å². The highest BCUT2D eigenvalue weighted by Crippen LogP contribution is 2.35. The molecule has 1 heterocycles. The number of hydrogen-bond donors (Lipinski definition) is 2. The Morgan fingerprint density at radius 2 is 2.04 bits per heavy atom. The van der Waals surface area contributed by atoms with Gasteiger partial charge in [0.05, 0.1) is 5.54 Å². The number of anilines is 1. The Bertz CT molecular complexity index is 789. The molecule has 6 nitrogen and oxygen atoms in total. The van der Waals surface area contributed by atoms with Gasteiger partial charge < -0.3 is 25.3 Å². The van der Waals surface area contributed by atoms with Gasteiger partial charge in [-0.05, 0) is 43.2 Å². The van der Waals surface area contributed by atoms with E-state index in [0.717, 1.165) is 17.7 Å². The summed E-state index contributed by atoms with van der Waals surface area (Å²) >= 11 is 0. The maximum atomic E-state index is 12.3. The molecule has 2 aromatic carbocycles. The van der Waals surface area contributed by atoms with E-state index in [1.807, 2.05) is 43.3 Å². The number of carbonyl (C=O) groups excluding carboxylic acids is 1. The van der Waals surface area contributed by atoms with Crippen LogP contribution in [0.5, 0.6) is 17.2 Å². The van der Waals surface area contributed by atoms with Gasteiger partial charge in [-0.2, -0.15) is 0 Å². The highest BCUT2D eigenvalue weighted by atomic mass is 16.7. The number of ether oxygens (including phenoxy) is 3. The maximum Gasteiger partial charge on any atom is 0.244 e. The molecule has 1 aliphatic rings. The van der Waals surface area contributed by atoms with Gasteiger partial charge in [0.2, 0.25) is 12.7 Å². The van der Waals surface area contributed by atoms with E-state index in [4.69, 9.17) is 19.9 Å². The molecule has 0 aromatic heterocycles. The molecule has 0 saturated carbocycles. The van der Waals surface area contributed by atoms with Gasteiger partial charge in [-0.3, -0.25) is 4.79 Å². The van der Waals surface area contributed by atoms with Crippen molar-refractivity contribution < 1.29 is 19.0 Å². The first kappa shape index (κ1) is 18.1. The highest BCUT2D eigenvalue weighted by molar-refractivity contribution is 5.97. The average Bonchev–Trinajstić information content (AvgIpc) is 3.08. The smallest absolute Gasteiger partial charge is 0.244 e. The fourth-order valence-electron chi connectivity index (χ4n) is 2.78. The summed E-state index contributed by atoms with van der Waals surface area (Å²) in [4.78, 5) is 12.3. The molecule has 0 aliphatic carbocycles. The Kier molecular flexibility index (Phi) is 5.32. The van der Waals surface area contributed by atoms with Crippen molar-refractivity contribution in [2.75, 3.05) is 12.1 Å². The van der Waals surface area contributed by atoms with Crippen LogP contribution in [-0.2, 0) is 11.4 Å². The van der Waals surface area contributed by atoms with Crippen LogP contribution in [0.3, 0.4) is 0 Å². The molecule has 0 bridgehead atoms. The Morgan fingerprint density at radius 1 is 1.23 bits per heavy atom. The molecule has 6 heteroatoms. The Labute approximate surface area is 153 Å². The van der Waals surface area contributed by atoms with E-state index >= 15 is 0 Å². The summed E-state index contributed by atoms with van der Waals surface area (Å²) in [5.74, 6) is 1.91. The van der Waals surface area contributed by atoms with Crippen LogP contribution in [0, 0.1) is 0 Å². The van der Waals surface area contributed by atoms with Crippen molar-refractivity contribution in [1.29, 1.82) is 0 Å². The summed E-state index contributed by atoms with van der Waals surface area (Å²) in [7, 11) is 0. The number of nitrogens with two attached hydrogens (primary N) is 1. The maximum absolute atomic E-state index is 12.3. The third kappa shape index (κ3) is 4.26. The molecule has 0 saturated heterocycles. The minimum Gasteiger partial charge on any atom is -0.489 e. The Balaban J connectivity index is 1.61. The van der Waals surface area contributed by atoms with Crippen molar-refractivity contribution in [1.82, 2.24) is 0 Å². The molecular formula is C20H24N2O4. The van der Waals surface area contributed by atoms with E-state index in [9.17, 15) is 4.79 Å². The molecule has 26 heavy (non-hydrogen) atoms. The number of hydrogen-bond acceptors (Lipinski definition) is 5. The lowest BCUT2D eigenvalue weighted by atomic mass is 9.96. The molecule has 2 aromatic rings. The van der Waals surface area contributed by atoms with Crippen molar-refractivity contribution in [3.8, 4) is 17.2 Å². The van der Waals surface area contributed by atoms with Crippen LogP contribution in [0.2, 0.25) is 0 Å². The number of amides is 1. The minimum absolute atomic E-state index is 0.187. The van der Waals surface area contributed by atoms with Crippen molar-refractivity contribution in [3.63, 3.8) is 0 Å². The van der Waals surface area contributed by atoms with Gasteiger partial charge in [-0.15, -0.1) is 0 Å². The third-order valence-corrected chi connectivity index (χ3v) is 4.22. The second-order valence-electron chi connectivity index (χ2n) is 6.63. The fourth-order valence-corrected chi connectivity index (χ4v) is 2.78. The van der Waals surface area contributed by atoms with Gasteiger partial charge in [-0.25, -0.2) is 0 Å². The SMILES string of the molecule is CCCC(C)(N)C(=O)Nc1cccc(COc2ccc3c(c2)OCO3)c1. The van der Waals surface area contributed by atoms with Gasteiger partial charge in [0.1, 0.15) is 12.4 Å². The Hall–Kier alpha value is -2.73. The minimum atomic E-state index is -0.881. The predicted octanol–water partition coefficient (Wildman–Crippen LogP) is 3.45. The van der Waals surface area contributed by atoms with Crippen LogP contribution in [0.15, 0.2) is 42.5 Å². The summed E-state index contributed by atoms with van der Waals surface area (Å²) in [5, 5.41) is 2.88. The van der Waals surface area contributed by atoms with Gasteiger partial charge in [-0.1, -0.05) is 25.5 Å². The summed E-state index contributed by atoms with van der Waals surface area (Å²) in [6, 6.07) is 13.0. The van der Waals surface area contributed by atoms with Gasteiger partial charge >= 0.3 is 0 Å². The monoisotopic (exact) mass is 356 g/mol. The number of carbonyl (C=O) groups is 1. The highest BCUT2D eigenvalue weighted by Gasteiger charge is 2.27. The standard InChI is InChI=1S/C20H24N2O4/c1-3-9-20(2,21)19(23)22-15-6-4-5-14(10-15)12-24-16-7-8-17-18(11-16)26-13-25-17/h4-8,10-11H,3,9,12-13,21H2,1-2H3,(H,22,23). The zero-order valence-electron chi connectivity index (χ0n) is 15.1. The molecule has 0 fully saturated rings. The first-order valence-corrected chi connectivity index (χ1v) is 8.69. The molecule has 1 aliphatic heterocycles. The normalized spacial score (nSPS) is 14.6. The van der Waals surface area contributed by atoms with Crippen LogP contribution in [-0.4, -0.2) is 18.2 Å². The molecule has 3 N–H and O–H groups in total. The van der Waals surface area contributed by atoms with E-state index < -0.39 is 5.54 Å². The first-order chi connectivity index (χ1) is 12.5. The predicted molar refractivity (Wildman–Crippen MR) is 99.5 cm³/mol. The van der Waals surface area contributed by atoms with Crippen molar-refractivity contribution in [2.24, 2.45) is 5.73 Å². The van der Waals surface area contributed by atoms with Crippen molar-refractivity contribution >= 4 is 11.6 Å². The van der Waals surface area contributed by atoms with Crippen LogP contribution in [0.25, 0.3) is 0 Å². The number of rotatable bonds is 7. The van der Waals surface area contributed by atoms with Crippen LogP contribution in [0.4, 0.5) is 5.69 Å². The van der Waals surface area contributed by atoms with E-state index in [-0.39, 0.29) is 12.7 Å². The summed E-state index contributed by atoms with van der Waals surface area (Å²) in [6.45, 7) is 4.36. The number of benzene rings is 2. The van der Waals surface area contributed by atoms with E-state index in [1.54, 1.807) is 13.0 Å². The lowest BCUT2D eigenvalue weighted by molar-refractivity contribution is -0.120. The molecule has 1 unspecified atom stereocenters. The lowest BCUT2D eigenvalue weighted by Gasteiger charge is -2.23. The summed E-state index contributed by atoms with van der Waals surface area (Å²) in [6.07, 6.45) is 1.48. The zero-order valence-corrected chi connectivity index (χ0v) is 15.1. The topological polar surface area (TPSA) is 82.8 Å². The number of fused-ring (bicyclic) bond motifs is 1. The third-order valence-electron chi connectivity index (χ3n) is 4.22. The largest absolute Gasteiger partial charge is 0.489 e. The number of nitrogens with one attached hydrogen (secondary N) is 1. The fraction of sp³-hybridized carbons (Fsp3) is 0.350. The lowest BCUT2D eigenvalue weighted by Crippen LogP contribution is -2.48. The molecule has 1 atom stereocenters. The molecule has 3 rings (SSSR count). The second kappa shape index (κ2) is 7.66. The van der Waals surface area contributed by atoms with Crippen molar-refractivity contribution in [3.05, 3.63) is 48.0 Å². The summed E-state index contributed by atoms with van der Waals surface area (Å²) < 4.78 is 16.4. The molecule has 138 valence electrons. The Morgan fingerprint density at radius 3 is 2.85 bits per heavy atom. The first-order valence-electron chi connectivity index (χ1n) is 8.69. The summed E-state index contributed by atoms with van der Waals surface area (Å²) in [5.41, 5.74) is 6.84. The molecule has 1 amide bonds. The van der Waals surface area contributed by atoms with E-state index in [0.29, 0.717) is 30.2 Å². The average molecular weight is 356 g/mol. The van der Waals surface area contributed by atoms with Crippen LogP contribution < -0.4 is 25.3 Å². The van der Waals surface area contributed by atoms with Crippen molar-refractivity contribution in [2.45, 2.75) is 38.8 Å².